The van der Waals surface area contributed by atoms with E-state index in [0.29, 0.717) is 0 Å². The van der Waals surface area contributed by atoms with Crippen LogP contribution in [0.2, 0.25) is 0 Å². The zero-order valence-electron chi connectivity index (χ0n) is 8.94. The summed E-state index contributed by atoms with van der Waals surface area (Å²) in [5.74, 6) is 2.02. The molecule has 0 bridgehead atoms. The zero-order chi connectivity index (χ0) is 10.9. The molecule has 1 aliphatic heterocycles. The molecule has 0 unspecified atom stereocenters. The highest BCUT2D eigenvalue weighted by Crippen LogP contribution is 2.37. The maximum absolute atomic E-state index is 5.77. The molecule has 0 N–H and O–H groups in total. The number of benzene rings is 1. The Hall–Kier alpha value is -1.30. The Bertz CT molecular complexity index is 375. The molecule has 2 heteroatoms. The van der Waals surface area contributed by atoms with Gasteiger partial charge in [0, 0.05) is 0 Å². The van der Waals surface area contributed by atoms with Crippen molar-refractivity contribution < 1.29 is 9.47 Å². The Kier molecular flexibility index (Phi) is 2.52. The smallest absolute Gasteiger partial charge is 0.165 e. The first-order chi connectivity index (χ1) is 7.12. The minimum absolute atomic E-state index is 0.161. The van der Waals surface area contributed by atoms with Crippen molar-refractivity contribution in [2.24, 2.45) is 0 Å². The minimum atomic E-state index is -0.600. The molecule has 2 rings (SSSR count). The molecular weight excluding hydrogens is 188 g/mol. The fourth-order valence-corrected chi connectivity index (χ4v) is 1.77. The van der Waals surface area contributed by atoms with Crippen molar-refractivity contribution in [3.63, 3.8) is 0 Å². The van der Waals surface area contributed by atoms with Crippen molar-refractivity contribution >= 4 is 0 Å². The molecule has 0 aliphatic carbocycles. The summed E-state index contributed by atoms with van der Waals surface area (Å²) < 4.78 is 11.4. The average Bonchev–Trinajstić information content (AvgIpc) is 2.55. The van der Waals surface area contributed by atoms with Crippen LogP contribution in [0.3, 0.4) is 0 Å². The highest BCUT2D eigenvalue weighted by molar-refractivity contribution is 5.23. The van der Waals surface area contributed by atoms with E-state index in [4.69, 9.17) is 15.9 Å². The van der Waals surface area contributed by atoms with Crippen molar-refractivity contribution in [2.45, 2.75) is 31.8 Å². The largest absolute Gasteiger partial charge is 0.339 e. The molecule has 1 aromatic rings. The van der Waals surface area contributed by atoms with Crippen LogP contribution < -0.4 is 0 Å². The Morgan fingerprint density at radius 2 is 1.87 bits per heavy atom. The van der Waals surface area contributed by atoms with Crippen LogP contribution in [-0.4, -0.2) is 11.9 Å². The van der Waals surface area contributed by atoms with Gasteiger partial charge in [0.2, 0.25) is 0 Å². The van der Waals surface area contributed by atoms with Crippen LogP contribution >= 0.6 is 0 Å². The molecule has 1 heterocycles. The predicted molar refractivity (Wildman–Crippen MR) is 58.1 cm³/mol. The molecule has 2 atom stereocenters. The molecule has 1 saturated heterocycles. The van der Waals surface area contributed by atoms with Crippen molar-refractivity contribution in [1.82, 2.24) is 0 Å². The second kappa shape index (κ2) is 3.69. The normalized spacial score (nSPS) is 28.6. The van der Waals surface area contributed by atoms with Crippen LogP contribution in [0.4, 0.5) is 0 Å². The van der Waals surface area contributed by atoms with E-state index in [2.05, 4.69) is 5.92 Å². The molecule has 0 aromatic heterocycles. The second-order valence-electron chi connectivity index (χ2n) is 4.05. The summed E-state index contributed by atoms with van der Waals surface area (Å²) in [6, 6.07) is 9.91. The highest BCUT2D eigenvalue weighted by atomic mass is 16.7. The molecule has 1 aromatic carbocycles. The average molecular weight is 202 g/mol. The monoisotopic (exact) mass is 202 g/mol. The second-order valence-corrected chi connectivity index (χ2v) is 4.05. The third-order valence-electron chi connectivity index (χ3n) is 2.39. The van der Waals surface area contributed by atoms with E-state index in [1.165, 1.54) is 0 Å². The predicted octanol–water partition coefficient (Wildman–Crippen LogP) is 2.51. The lowest BCUT2D eigenvalue weighted by molar-refractivity contribution is -0.143. The van der Waals surface area contributed by atoms with Crippen molar-refractivity contribution in [3.05, 3.63) is 35.9 Å². The number of ether oxygens (including phenoxy) is 2. The number of rotatable bonds is 1. The van der Waals surface area contributed by atoms with E-state index in [9.17, 15) is 0 Å². The van der Waals surface area contributed by atoms with E-state index in [-0.39, 0.29) is 12.2 Å². The van der Waals surface area contributed by atoms with Gasteiger partial charge in [0.25, 0.3) is 0 Å². The number of hydrogen-bond donors (Lipinski definition) is 0. The molecule has 0 spiro atoms. The lowest BCUT2D eigenvalue weighted by Gasteiger charge is -2.16. The molecule has 0 radical (unpaired) electrons. The van der Waals surface area contributed by atoms with Crippen LogP contribution in [0.25, 0.3) is 0 Å². The highest BCUT2D eigenvalue weighted by Gasteiger charge is 2.40. The van der Waals surface area contributed by atoms with Crippen LogP contribution in [0, 0.1) is 12.3 Å². The molecule has 15 heavy (non-hydrogen) atoms. The van der Waals surface area contributed by atoms with E-state index in [1.807, 2.05) is 44.2 Å². The van der Waals surface area contributed by atoms with E-state index in [0.717, 1.165) is 5.56 Å². The third kappa shape index (κ3) is 2.04. The lowest BCUT2D eigenvalue weighted by atomic mass is 10.1. The summed E-state index contributed by atoms with van der Waals surface area (Å²) >= 11 is 0. The van der Waals surface area contributed by atoms with Gasteiger partial charge in [-0.2, -0.15) is 0 Å². The topological polar surface area (TPSA) is 18.5 Å². The van der Waals surface area contributed by atoms with Gasteiger partial charge in [-0.15, -0.1) is 6.42 Å². The van der Waals surface area contributed by atoms with Gasteiger partial charge in [-0.05, 0) is 19.4 Å². The van der Waals surface area contributed by atoms with Crippen LogP contribution in [0.5, 0.6) is 0 Å². The van der Waals surface area contributed by atoms with Crippen LogP contribution in [0.15, 0.2) is 30.3 Å². The summed E-state index contributed by atoms with van der Waals surface area (Å²) in [5, 5.41) is 0. The lowest BCUT2D eigenvalue weighted by Crippen LogP contribution is -2.20. The Labute approximate surface area is 90.2 Å². The van der Waals surface area contributed by atoms with Gasteiger partial charge in [-0.3, -0.25) is 0 Å². The molecule has 0 amide bonds. The number of hydrogen-bond acceptors (Lipinski definition) is 2. The maximum atomic E-state index is 5.77. The maximum Gasteiger partial charge on any atom is 0.165 e. The molecule has 1 aliphatic rings. The fourth-order valence-electron chi connectivity index (χ4n) is 1.77. The van der Waals surface area contributed by atoms with Gasteiger partial charge >= 0.3 is 0 Å². The number of terminal acetylenes is 1. The SMILES string of the molecule is C#C[C@@H]1OC(C)(C)O[C@H]1c1ccccc1. The van der Waals surface area contributed by atoms with Crippen molar-refractivity contribution in [2.75, 3.05) is 0 Å². The first-order valence-corrected chi connectivity index (χ1v) is 4.99. The molecular formula is C13H14O2. The van der Waals surface area contributed by atoms with Gasteiger partial charge in [-0.25, -0.2) is 0 Å². The quantitative estimate of drug-likeness (QED) is 0.651. The Morgan fingerprint density at radius 1 is 1.20 bits per heavy atom. The van der Waals surface area contributed by atoms with E-state index >= 15 is 0 Å². The van der Waals surface area contributed by atoms with Crippen LogP contribution in [-0.2, 0) is 9.47 Å². The Balaban J connectivity index is 2.27. The minimum Gasteiger partial charge on any atom is -0.339 e. The van der Waals surface area contributed by atoms with Gasteiger partial charge in [0.15, 0.2) is 11.9 Å². The molecule has 0 saturated carbocycles. The first kappa shape index (κ1) is 10.2. The summed E-state index contributed by atoms with van der Waals surface area (Å²) in [6.45, 7) is 3.75. The van der Waals surface area contributed by atoms with Gasteiger partial charge < -0.3 is 9.47 Å². The fraction of sp³-hybridized carbons (Fsp3) is 0.385. The van der Waals surface area contributed by atoms with Crippen molar-refractivity contribution in [3.8, 4) is 12.3 Å². The van der Waals surface area contributed by atoms with E-state index in [1.54, 1.807) is 0 Å². The van der Waals surface area contributed by atoms with E-state index < -0.39 is 5.79 Å². The van der Waals surface area contributed by atoms with Gasteiger partial charge in [-0.1, -0.05) is 36.3 Å². The summed E-state index contributed by atoms with van der Waals surface area (Å²) in [7, 11) is 0. The third-order valence-corrected chi connectivity index (χ3v) is 2.39. The summed E-state index contributed by atoms with van der Waals surface area (Å²) in [4.78, 5) is 0. The Morgan fingerprint density at radius 3 is 2.47 bits per heavy atom. The van der Waals surface area contributed by atoms with Gasteiger partial charge in [0.1, 0.15) is 6.10 Å². The standard InChI is InChI=1S/C13H14O2/c1-4-11-12(15-13(2,3)14-11)10-8-6-5-7-9-10/h1,5-9,11-12H,2-3H3/t11-,12-/m0/s1. The summed E-state index contributed by atoms with van der Waals surface area (Å²) in [5.41, 5.74) is 1.06. The van der Waals surface area contributed by atoms with Crippen LogP contribution in [0.1, 0.15) is 25.5 Å². The zero-order valence-corrected chi connectivity index (χ0v) is 8.94. The molecule has 2 nitrogen and oxygen atoms in total. The van der Waals surface area contributed by atoms with Crippen molar-refractivity contribution in [1.29, 1.82) is 0 Å². The molecule has 1 fully saturated rings. The molecule has 78 valence electrons. The summed E-state index contributed by atoms with van der Waals surface area (Å²) in [6.07, 6.45) is 4.96. The first-order valence-electron chi connectivity index (χ1n) is 4.99. The van der Waals surface area contributed by atoms with Gasteiger partial charge in [0.05, 0.1) is 0 Å².